The van der Waals surface area contributed by atoms with Crippen molar-refractivity contribution in [2.75, 3.05) is 0 Å². The van der Waals surface area contributed by atoms with E-state index < -0.39 is 6.10 Å². The number of aryl methyl sites for hydroxylation is 4. The summed E-state index contributed by atoms with van der Waals surface area (Å²) in [5.74, 6) is 0.926. The Morgan fingerprint density at radius 2 is 1.83 bits per heavy atom. The van der Waals surface area contributed by atoms with Gasteiger partial charge in [0, 0.05) is 6.42 Å². The maximum atomic E-state index is 10.3. The summed E-state index contributed by atoms with van der Waals surface area (Å²) >= 11 is 0. The van der Waals surface area contributed by atoms with Gasteiger partial charge in [0.05, 0.1) is 12.4 Å². The van der Waals surface area contributed by atoms with Crippen LogP contribution in [0.4, 0.5) is 0 Å². The van der Waals surface area contributed by atoms with Crippen LogP contribution in [0.15, 0.2) is 34.9 Å². The Hall–Kier alpha value is -1.54. The van der Waals surface area contributed by atoms with Gasteiger partial charge in [0.2, 0.25) is 0 Å². The number of hydrogen-bond donors (Lipinski definition) is 1. The molecule has 1 aromatic carbocycles. The van der Waals surface area contributed by atoms with Crippen molar-refractivity contribution in [1.29, 1.82) is 0 Å². The SMILES string of the molecule is Cc1cc(C)c(C(O)CCc2ccco2)cc1C. The zero-order valence-corrected chi connectivity index (χ0v) is 11.2. The molecule has 0 radical (unpaired) electrons. The third kappa shape index (κ3) is 2.82. The molecule has 0 aliphatic heterocycles. The molecule has 0 bridgehead atoms. The first-order chi connectivity index (χ1) is 8.58. The maximum Gasteiger partial charge on any atom is 0.103 e. The fourth-order valence-corrected chi connectivity index (χ4v) is 2.23. The Labute approximate surface area is 108 Å². The highest BCUT2D eigenvalue weighted by Crippen LogP contribution is 2.25. The van der Waals surface area contributed by atoms with E-state index in [1.54, 1.807) is 6.26 Å². The molecule has 0 amide bonds. The van der Waals surface area contributed by atoms with E-state index in [4.69, 9.17) is 4.42 Å². The topological polar surface area (TPSA) is 33.4 Å². The standard InChI is InChI=1S/C16H20O2/c1-11-9-13(3)15(10-12(11)2)16(17)7-6-14-5-4-8-18-14/h4-5,8-10,16-17H,6-7H2,1-3H3. The molecule has 0 aliphatic rings. The molecule has 2 aromatic rings. The zero-order valence-electron chi connectivity index (χ0n) is 11.2. The van der Waals surface area contributed by atoms with Crippen LogP contribution in [0.5, 0.6) is 0 Å². The average molecular weight is 244 g/mol. The van der Waals surface area contributed by atoms with E-state index in [0.717, 1.165) is 23.3 Å². The van der Waals surface area contributed by atoms with Gasteiger partial charge in [-0.2, -0.15) is 0 Å². The van der Waals surface area contributed by atoms with Crippen molar-refractivity contribution < 1.29 is 9.52 Å². The van der Waals surface area contributed by atoms with Crippen LogP contribution in [0, 0.1) is 20.8 Å². The Morgan fingerprint density at radius 1 is 1.11 bits per heavy atom. The predicted molar refractivity (Wildman–Crippen MR) is 72.6 cm³/mol. The van der Waals surface area contributed by atoms with Gasteiger partial charge in [0.15, 0.2) is 0 Å². The second-order valence-electron chi connectivity index (χ2n) is 4.93. The van der Waals surface area contributed by atoms with Gasteiger partial charge in [0.1, 0.15) is 5.76 Å². The van der Waals surface area contributed by atoms with E-state index in [1.165, 1.54) is 11.1 Å². The van der Waals surface area contributed by atoms with Gasteiger partial charge in [-0.3, -0.25) is 0 Å². The van der Waals surface area contributed by atoms with Gasteiger partial charge < -0.3 is 9.52 Å². The van der Waals surface area contributed by atoms with Gasteiger partial charge in [0.25, 0.3) is 0 Å². The molecule has 0 saturated heterocycles. The third-order valence-electron chi connectivity index (χ3n) is 3.49. The van der Waals surface area contributed by atoms with Crippen LogP contribution in [0.25, 0.3) is 0 Å². The van der Waals surface area contributed by atoms with E-state index in [9.17, 15) is 5.11 Å². The molecular formula is C16H20O2. The van der Waals surface area contributed by atoms with Crippen molar-refractivity contribution in [2.45, 2.75) is 39.7 Å². The van der Waals surface area contributed by atoms with Gasteiger partial charge in [-0.1, -0.05) is 12.1 Å². The Balaban J connectivity index is 2.09. The monoisotopic (exact) mass is 244 g/mol. The van der Waals surface area contributed by atoms with Crippen LogP contribution < -0.4 is 0 Å². The first-order valence-electron chi connectivity index (χ1n) is 6.36. The van der Waals surface area contributed by atoms with Crippen molar-refractivity contribution >= 4 is 0 Å². The lowest BCUT2D eigenvalue weighted by Crippen LogP contribution is -2.03. The first-order valence-corrected chi connectivity index (χ1v) is 6.36. The van der Waals surface area contributed by atoms with E-state index in [1.807, 2.05) is 12.1 Å². The van der Waals surface area contributed by atoms with Crippen molar-refractivity contribution in [3.05, 3.63) is 58.5 Å². The quantitative estimate of drug-likeness (QED) is 0.885. The second kappa shape index (κ2) is 5.40. The summed E-state index contributed by atoms with van der Waals surface area (Å²) in [5, 5.41) is 10.3. The summed E-state index contributed by atoms with van der Waals surface area (Å²) in [7, 11) is 0. The molecule has 96 valence electrons. The summed E-state index contributed by atoms with van der Waals surface area (Å²) in [4.78, 5) is 0. The van der Waals surface area contributed by atoms with Crippen LogP contribution >= 0.6 is 0 Å². The van der Waals surface area contributed by atoms with Crippen molar-refractivity contribution in [3.8, 4) is 0 Å². The van der Waals surface area contributed by atoms with E-state index >= 15 is 0 Å². The minimum absolute atomic E-state index is 0.422. The summed E-state index contributed by atoms with van der Waals surface area (Å²) < 4.78 is 5.28. The molecule has 1 heterocycles. The molecular weight excluding hydrogens is 224 g/mol. The van der Waals surface area contributed by atoms with Crippen LogP contribution in [0.2, 0.25) is 0 Å². The molecule has 1 atom stereocenters. The predicted octanol–water partition coefficient (Wildman–Crippen LogP) is 3.87. The molecule has 2 nitrogen and oxygen atoms in total. The number of rotatable bonds is 4. The van der Waals surface area contributed by atoms with Gasteiger partial charge in [-0.25, -0.2) is 0 Å². The van der Waals surface area contributed by atoms with Gasteiger partial charge in [-0.05, 0) is 61.6 Å². The Bertz CT molecular complexity index is 512. The molecule has 0 fully saturated rings. The second-order valence-corrected chi connectivity index (χ2v) is 4.93. The lowest BCUT2D eigenvalue weighted by molar-refractivity contribution is 0.164. The van der Waals surface area contributed by atoms with Crippen molar-refractivity contribution in [3.63, 3.8) is 0 Å². The number of aliphatic hydroxyl groups is 1. The normalized spacial score (nSPS) is 12.7. The number of benzene rings is 1. The number of furan rings is 1. The largest absolute Gasteiger partial charge is 0.469 e. The zero-order chi connectivity index (χ0) is 13.1. The summed E-state index contributed by atoms with van der Waals surface area (Å²) in [6.07, 6.45) is 2.70. The fraction of sp³-hybridized carbons (Fsp3) is 0.375. The highest BCUT2D eigenvalue weighted by molar-refractivity contribution is 5.37. The third-order valence-corrected chi connectivity index (χ3v) is 3.49. The van der Waals surface area contributed by atoms with Crippen molar-refractivity contribution in [2.24, 2.45) is 0 Å². The number of aliphatic hydroxyl groups excluding tert-OH is 1. The average Bonchev–Trinajstić information content (AvgIpc) is 2.84. The molecule has 1 unspecified atom stereocenters. The minimum atomic E-state index is -0.422. The minimum Gasteiger partial charge on any atom is -0.469 e. The van der Waals surface area contributed by atoms with Crippen molar-refractivity contribution in [1.82, 2.24) is 0 Å². The van der Waals surface area contributed by atoms with Crippen LogP contribution in [-0.4, -0.2) is 5.11 Å². The number of hydrogen-bond acceptors (Lipinski definition) is 2. The summed E-state index contributed by atoms with van der Waals surface area (Å²) in [5.41, 5.74) is 4.69. The molecule has 0 spiro atoms. The molecule has 2 rings (SSSR count). The smallest absolute Gasteiger partial charge is 0.103 e. The lowest BCUT2D eigenvalue weighted by atomic mass is 9.95. The van der Waals surface area contributed by atoms with E-state index in [0.29, 0.717) is 6.42 Å². The Morgan fingerprint density at radius 3 is 2.50 bits per heavy atom. The van der Waals surface area contributed by atoms with Crippen LogP contribution in [-0.2, 0) is 6.42 Å². The molecule has 2 heteroatoms. The molecule has 1 N–H and O–H groups in total. The maximum absolute atomic E-state index is 10.3. The van der Waals surface area contributed by atoms with Gasteiger partial charge in [-0.15, -0.1) is 0 Å². The van der Waals surface area contributed by atoms with Gasteiger partial charge >= 0.3 is 0 Å². The molecule has 0 saturated carbocycles. The van der Waals surface area contributed by atoms with E-state index in [-0.39, 0.29) is 0 Å². The molecule has 0 aliphatic carbocycles. The Kier molecular flexibility index (Phi) is 3.87. The molecule has 18 heavy (non-hydrogen) atoms. The summed E-state index contributed by atoms with van der Waals surface area (Å²) in [6, 6.07) is 8.06. The summed E-state index contributed by atoms with van der Waals surface area (Å²) in [6.45, 7) is 6.23. The highest BCUT2D eigenvalue weighted by Gasteiger charge is 2.12. The first kappa shape index (κ1) is 12.9. The highest BCUT2D eigenvalue weighted by atomic mass is 16.3. The van der Waals surface area contributed by atoms with Crippen LogP contribution in [0.1, 0.15) is 40.5 Å². The van der Waals surface area contributed by atoms with Crippen LogP contribution in [0.3, 0.4) is 0 Å². The molecule has 1 aromatic heterocycles. The van der Waals surface area contributed by atoms with E-state index in [2.05, 4.69) is 32.9 Å². The lowest BCUT2D eigenvalue weighted by Gasteiger charge is -2.15. The fourth-order valence-electron chi connectivity index (χ4n) is 2.23.